The van der Waals surface area contributed by atoms with Crippen LogP contribution in [0.4, 0.5) is 13.2 Å². The van der Waals surface area contributed by atoms with Crippen LogP contribution in [0.15, 0.2) is 17.2 Å². The molecule has 98 valence electrons. The summed E-state index contributed by atoms with van der Waals surface area (Å²) in [6.45, 7) is -0.111. The molecule has 0 bridgehead atoms. The zero-order valence-electron chi connectivity index (χ0n) is 9.09. The molecule has 2 unspecified atom stereocenters. The van der Waals surface area contributed by atoms with Crippen LogP contribution in [0.25, 0.3) is 10.4 Å². The summed E-state index contributed by atoms with van der Waals surface area (Å²) in [6, 6.07) is 1.49. The van der Waals surface area contributed by atoms with Gasteiger partial charge in [-0.15, -0.1) is 0 Å². The minimum absolute atomic E-state index is 0.111. The summed E-state index contributed by atoms with van der Waals surface area (Å²) in [6.07, 6.45) is -3.31. The Morgan fingerprint density at radius 1 is 1.22 bits per heavy atom. The van der Waals surface area contributed by atoms with E-state index in [0.717, 1.165) is 6.07 Å². The number of rotatable bonds is 5. The number of aliphatic hydroxyl groups is 2. The van der Waals surface area contributed by atoms with Crippen LogP contribution in [0.5, 0.6) is 0 Å². The van der Waals surface area contributed by atoms with Crippen molar-refractivity contribution in [2.45, 2.75) is 18.6 Å². The SMILES string of the molecule is [N-]=[N+]=NCCC(O)C(O)c1ccc(F)c(F)c1F. The Labute approximate surface area is 100 Å². The zero-order chi connectivity index (χ0) is 13.7. The van der Waals surface area contributed by atoms with Gasteiger partial charge < -0.3 is 10.2 Å². The fourth-order valence-electron chi connectivity index (χ4n) is 1.37. The second kappa shape index (κ2) is 6.25. The minimum Gasteiger partial charge on any atom is -0.390 e. The van der Waals surface area contributed by atoms with Crippen molar-refractivity contribution in [2.75, 3.05) is 6.54 Å². The Morgan fingerprint density at radius 2 is 1.89 bits per heavy atom. The summed E-state index contributed by atoms with van der Waals surface area (Å²) in [7, 11) is 0. The maximum absolute atomic E-state index is 13.3. The molecule has 0 aromatic heterocycles. The van der Waals surface area contributed by atoms with Crippen molar-refractivity contribution in [3.8, 4) is 0 Å². The Hall–Kier alpha value is -1.76. The van der Waals surface area contributed by atoms with Crippen LogP contribution in [0.3, 0.4) is 0 Å². The molecule has 5 nitrogen and oxygen atoms in total. The highest BCUT2D eigenvalue weighted by Gasteiger charge is 2.24. The van der Waals surface area contributed by atoms with Gasteiger partial charge in [-0.05, 0) is 18.0 Å². The molecular formula is C10H10F3N3O2. The third kappa shape index (κ3) is 3.13. The van der Waals surface area contributed by atoms with Crippen LogP contribution in [0.1, 0.15) is 18.1 Å². The number of azide groups is 1. The predicted octanol–water partition coefficient (Wildman–Crippen LogP) is 2.20. The molecule has 1 aromatic rings. The highest BCUT2D eigenvalue weighted by molar-refractivity contribution is 5.23. The lowest BCUT2D eigenvalue weighted by atomic mass is 10.0. The maximum Gasteiger partial charge on any atom is 0.194 e. The average molecular weight is 261 g/mol. The van der Waals surface area contributed by atoms with E-state index in [1.54, 1.807) is 0 Å². The third-order valence-corrected chi connectivity index (χ3v) is 2.34. The molecule has 0 aliphatic carbocycles. The molecule has 0 spiro atoms. The van der Waals surface area contributed by atoms with Gasteiger partial charge in [0.2, 0.25) is 0 Å². The van der Waals surface area contributed by atoms with Crippen molar-refractivity contribution in [3.05, 3.63) is 45.6 Å². The van der Waals surface area contributed by atoms with Crippen molar-refractivity contribution in [1.82, 2.24) is 0 Å². The van der Waals surface area contributed by atoms with Crippen LogP contribution in [0, 0.1) is 17.5 Å². The van der Waals surface area contributed by atoms with Gasteiger partial charge in [-0.1, -0.05) is 11.2 Å². The summed E-state index contributed by atoms with van der Waals surface area (Å²) >= 11 is 0. The lowest BCUT2D eigenvalue weighted by Gasteiger charge is -2.18. The first-order chi connectivity index (χ1) is 8.49. The van der Waals surface area contributed by atoms with E-state index < -0.39 is 35.2 Å². The summed E-state index contributed by atoms with van der Waals surface area (Å²) in [5.74, 6) is -4.65. The molecule has 0 aliphatic rings. The zero-order valence-corrected chi connectivity index (χ0v) is 9.09. The van der Waals surface area contributed by atoms with E-state index in [1.165, 1.54) is 0 Å². The molecule has 0 amide bonds. The first-order valence-corrected chi connectivity index (χ1v) is 4.99. The van der Waals surface area contributed by atoms with E-state index in [-0.39, 0.29) is 13.0 Å². The second-order valence-electron chi connectivity index (χ2n) is 3.52. The fraction of sp³-hybridized carbons (Fsp3) is 0.400. The smallest absolute Gasteiger partial charge is 0.194 e. The number of benzene rings is 1. The maximum atomic E-state index is 13.3. The molecule has 2 N–H and O–H groups in total. The van der Waals surface area contributed by atoms with Crippen LogP contribution in [-0.4, -0.2) is 22.9 Å². The lowest BCUT2D eigenvalue weighted by Crippen LogP contribution is -2.20. The normalized spacial score (nSPS) is 13.8. The van der Waals surface area contributed by atoms with Gasteiger partial charge in [0.1, 0.15) is 6.10 Å². The van der Waals surface area contributed by atoms with Crippen molar-refractivity contribution in [3.63, 3.8) is 0 Å². The summed E-state index contributed by atoms with van der Waals surface area (Å²) < 4.78 is 38.9. The van der Waals surface area contributed by atoms with Crippen molar-refractivity contribution in [2.24, 2.45) is 5.11 Å². The number of nitrogens with zero attached hydrogens (tertiary/aromatic N) is 3. The first kappa shape index (κ1) is 14.3. The lowest BCUT2D eigenvalue weighted by molar-refractivity contribution is 0.0125. The van der Waals surface area contributed by atoms with Gasteiger partial charge in [0.25, 0.3) is 0 Å². The predicted molar refractivity (Wildman–Crippen MR) is 55.9 cm³/mol. The molecule has 1 rings (SSSR count). The molecular weight excluding hydrogens is 251 g/mol. The number of halogens is 3. The average Bonchev–Trinajstić information content (AvgIpc) is 2.35. The summed E-state index contributed by atoms with van der Waals surface area (Å²) in [5, 5.41) is 22.2. The van der Waals surface area contributed by atoms with E-state index >= 15 is 0 Å². The highest BCUT2D eigenvalue weighted by atomic mass is 19.2. The van der Waals surface area contributed by atoms with Gasteiger partial charge in [0.05, 0.1) is 6.10 Å². The second-order valence-corrected chi connectivity index (χ2v) is 3.52. The van der Waals surface area contributed by atoms with E-state index in [4.69, 9.17) is 5.53 Å². The monoisotopic (exact) mass is 261 g/mol. The largest absolute Gasteiger partial charge is 0.390 e. The molecule has 18 heavy (non-hydrogen) atoms. The molecule has 8 heteroatoms. The Bertz CT molecular complexity index is 478. The van der Waals surface area contributed by atoms with Crippen LogP contribution in [0.2, 0.25) is 0 Å². The fourth-order valence-corrected chi connectivity index (χ4v) is 1.37. The van der Waals surface area contributed by atoms with Gasteiger partial charge in [-0.3, -0.25) is 0 Å². The van der Waals surface area contributed by atoms with E-state index in [1.807, 2.05) is 0 Å². The van der Waals surface area contributed by atoms with Crippen molar-refractivity contribution >= 4 is 0 Å². The quantitative estimate of drug-likeness (QED) is 0.368. The summed E-state index contributed by atoms with van der Waals surface area (Å²) in [5.41, 5.74) is 7.46. The molecule has 0 radical (unpaired) electrons. The number of hydrogen-bond donors (Lipinski definition) is 2. The molecule has 1 aromatic carbocycles. The topological polar surface area (TPSA) is 89.2 Å². The van der Waals surface area contributed by atoms with Gasteiger partial charge in [-0.25, -0.2) is 13.2 Å². The Kier molecular flexibility index (Phi) is 4.96. The molecule has 0 fully saturated rings. The number of hydrogen-bond acceptors (Lipinski definition) is 3. The van der Waals surface area contributed by atoms with Gasteiger partial charge >= 0.3 is 0 Å². The number of aliphatic hydroxyl groups excluding tert-OH is 2. The first-order valence-electron chi connectivity index (χ1n) is 4.99. The Morgan fingerprint density at radius 3 is 2.50 bits per heavy atom. The van der Waals surface area contributed by atoms with Crippen LogP contribution in [-0.2, 0) is 0 Å². The van der Waals surface area contributed by atoms with Crippen LogP contribution >= 0.6 is 0 Å². The van der Waals surface area contributed by atoms with Crippen LogP contribution < -0.4 is 0 Å². The van der Waals surface area contributed by atoms with Crippen molar-refractivity contribution < 1.29 is 23.4 Å². The molecule has 2 atom stereocenters. The van der Waals surface area contributed by atoms with E-state index in [9.17, 15) is 23.4 Å². The standard InChI is InChI=1S/C10H10F3N3O2/c11-6-2-1-5(8(12)9(6)13)10(18)7(17)3-4-15-16-14/h1-2,7,10,17-18H,3-4H2. The molecule has 0 aliphatic heterocycles. The van der Waals surface area contributed by atoms with E-state index in [0.29, 0.717) is 6.07 Å². The highest BCUT2D eigenvalue weighted by Crippen LogP contribution is 2.24. The molecule has 0 heterocycles. The van der Waals surface area contributed by atoms with Crippen molar-refractivity contribution in [1.29, 1.82) is 0 Å². The summed E-state index contributed by atoms with van der Waals surface area (Å²) in [4.78, 5) is 2.43. The van der Waals surface area contributed by atoms with Gasteiger partial charge in [-0.2, -0.15) is 0 Å². The minimum atomic E-state index is -1.73. The van der Waals surface area contributed by atoms with Gasteiger partial charge in [0, 0.05) is 17.0 Å². The molecule has 0 saturated carbocycles. The molecule has 0 saturated heterocycles. The third-order valence-electron chi connectivity index (χ3n) is 2.34. The Balaban J connectivity index is 2.86. The van der Waals surface area contributed by atoms with E-state index in [2.05, 4.69) is 10.0 Å². The van der Waals surface area contributed by atoms with Gasteiger partial charge in [0.15, 0.2) is 17.5 Å².